The first kappa shape index (κ1) is 20.7. The van der Waals surface area contributed by atoms with Crippen molar-refractivity contribution >= 4 is 45.9 Å². The van der Waals surface area contributed by atoms with Crippen molar-refractivity contribution in [3.63, 3.8) is 0 Å². The van der Waals surface area contributed by atoms with Crippen LogP contribution in [-0.2, 0) is 12.0 Å². The SMILES string of the molecule is CN(c1ccc2c(c1)CNCC21CC1)c1ncc2c(=O)c(-c3c(Cl)cccc3Cl)c[nH]c2n1. The van der Waals surface area contributed by atoms with Crippen LogP contribution < -0.4 is 15.6 Å². The van der Waals surface area contributed by atoms with Crippen molar-refractivity contribution in [2.24, 2.45) is 0 Å². The summed E-state index contributed by atoms with van der Waals surface area (Å²) in [6, 6.07) is 11.7. The quantitative estimate of drug-likeness (QED) is 0.424. The van der Waals surface area contributed by atoms with Crippen LogP contribution in [0.3, 0.4) is 0 Å². The van der Waals surface area contributed by atoms with Crippen LogP contribution in [0.5, 0.6) is 0 Å². The molecular formula is C25H21Cl2N5O. The number of rotatable bonds is 3. The van der Waals surface area contributed by atoms with Crippen molar-refractivity contribution in [3.05, 3.63) is 80.2 Å². The third-order valence-corrected chi connectivity index (χ3v) is 7.46. The van der Waals surface area contributed by atoms with E-state index in [2.05, 4.69) is 38.5 Å². The normalized spacial score (nSPS) is 16.1. The van der Waals surface area contributed by atoms with Gasteiger partial charge < -0.3 is 15.2 Å². The van der Waals surface area contributed by atoms with Crippen LogP contribution in [-0.4, -0.2) is 28.5 Å². The van der Waals surface area contributed by atoms with E-state index in [1.54, 1.807) is 30.6 Å². The van der Waals surface area contributed by atoms with E-state index in [1.165, 1.54) is 24.0 Å². The van der Waals surface area contributed by atoms with Crippen molar-refractivity contribution in [2.45, 2.75) is 24.8 Å². The molecule has 0 atom stereocenters. The molecule has 4 aromatic rings. The van der Waals surface area contributed by atoms with E-state index in [0.29, 0.717) is 43.6 Å². The topological polar surface area (TPSA) is 73.9 Å². The summed E-state index contributed by atoms with van der Waals surface area (Å²) >= 11 is 12.6. The van der Waals surface area contributed by atoms with Gasteiger partial charge in [0.25, 0.3) is 0 Å². The molecular weight excluding hydrogens is 457 g/mol. The van der Waals surface area contributed by atoms with Crippen LogP contribution >= 0.6 is 23.2 Å². The Balaban J connectivity index is 1.38. The highest BCUT2D eigenvalue weighted by Crippen LogP contribution is 2.51. The smallest absolute Gasteiger partial charge is 0.231 e. The summed E-state index contributed by atoms with van der Waals surface area (Å²) in [5, 5.41) is 4.76. The van der Waals surface area contributed by atoms with Crippen LogP contribution in [0.2, 0.25) is 10.0 Å². The van der Waals surface area contributed by atoms with Gasteiger partial charge >= 0.3 is 0 Å². The first-order valence-electron chi connectivity index (χ1n) is 10.9. The molecule has 1 aliphatic carbocycles. The average molecular weight is 478 g/mol. The third-order valence-electron chi connectivity index (χ3n) is 6.83. The van der Waals surface area contributed by atoms with Crippen LogP contribution in [0.1, 0.15) is 24.0 Å². The molecule has 1 saturated carbocycles. The van der Waals surface area contributed by atoms with Gasteiger partial charge in [-0.15, -0.1) is 0 Å². The number of aromatic nitrogens is 3. The van der Waals surface area contributed by atoms with Crippen LogP contribution in [0.4, 0.5) is 11.6 Å². The molecule has 2 aliphatic rings. The van der Waals surface area contributed by atoms with E-state index in [1.807, 2.05) is 11.9 Å². The Morgan fingerprint density at radius 3 is 2.67 bits per heavy atom. The fourth-order valence-corrected chi connectivity index (χ4v) is 5.40. The molecule has 1 aliphatic heterocycles. The van der Waals surface area contributed by atoms with Gasteiger partial charge in [-0.2, -0.15) is 4.98 Å². The fraction of sp³-hybridized carbons (Fsp3) is 0.240. The summed E-state index contributed by atoms with van der Waals surface area (Å²) in [5.41, 5.74) is 5.27. The number of fused-ring (bicyclic) bond motifs is 3. The van der Waals surface area contributed by atoms with E-state index in [0.717, 1.165) is 18.8 Å². The predicted octanol–water partition coefficient (Wildman–Crippen LogP) is 5.19. The van der Waals surface area contributed by atoms with E-state index in [-0.39, 0.29) is 5.43 Å². The highest BCUT2D eigenvalue weighted by molar-refractivity contribution is 6.39. The minimum absolute atomic E-state index is 0.220. The molecule has 0 saturated heterocycles. The van der Waals surface area contributed by atoms with Gasteiger partial charge in [-0.3, -0.25) is 4.79 Å². The lowest BCUT2D eigenvalue weighted by atomic mass is 9.88. The number of benzene rings is 2. The zero-order chi connectivity index (χ0) is 22.7. The molecule has 6 rings (SSSR count). The molecule has 0 radical (unpaired) electrons. The Hall–Kier alpha value is -2.93. The summed E-state index contributed by atoms with van der Waals surface area (Å²) in [4.78, 5) is 27.3. The first-order chi connectivity index (χ1) is 16.0. The monoisotopic (exact) mass is 477 g/mol. The minimum Gasteiger partial charge on any atom is -0.345 e. The number of anilines is 2. The van der Waals surface area contributed by atoms with Crippen LogP contribution in [0, 0.1) is 0 Å². The van der Waals surface area contributed by atoms with Crippen molar-refractivity contribution < 1.29 is 0 Å². The molecule has 1 fully saturated rings. The Kier molecular flexibility index (Phi) is 4.73. The van der Waals surface area contributed by atoms with Crippen molar-refractivity contribution in [1.29, 1.82) is 0 Å². The number of hydrogen-bond acceptors (Lipinski definition) is 5. The van der Waals surface area contributed by atoms with E-state index in [4.69, 9.17) is 23.2 Å². The fourth-order valence-electron chi connectivity index (χ4n) is 4.80. The molecule has 2 N–H and O–H groups in total. The Bertz CT molecular complexity index is 1460. The van der Waals surface area contributed by atoms with Crippen molar-refractivity contribution in [3.8, 4) is 11.1 Å². The van der Waals surface area contributed by atoms with Gasteiger partial charge in [-0.05, 0) is 48.2 Å². The van der Waals surface area contributed by atoms with Gasteiger partial charge in [0.15, 0.2) is 5.43 Å². The summed E-state index contributed by atoms with van der Waals surface area (Å²) in [6.45, 7) is 1.94. The molecule has 2 aromatic carbocycles. The summed E-state index contributed by atoms with van der Waals surface area (Å²) < 4.78 is 0. The third kappa shape index (κ3) is 3.32. The Labute approximate surface area is 200 Å². The van der Waals surface area contributed by atoms with Crippen LogP contribution in [0.25, 0.3) is 22.2 Å². The molecule has 1 spiro atoms. The summed E-state index contributed by atoms with van der Waals surface area (Å²) in [7, 11) is 1.93. The zero-order valence-electron chi connectivity index (χ0n) is 18.0. The maximum atomic E-state index is 13.2. The van der Waals surface area contributed by atoms with E-state index in [9.17, 15) is 4.79 Å². The van der Waals surface area contributed by atoms with Crippen molar-refractivity contribution in [1.82, 2.24) is 20.3 Å². The van der Waals surface area contributed by atoms with Gasteiger partial charge in [0.05, 0.1) is 15.4 Å². The van der Waals surface area contributed by atoms with Gasteiger partial charge in [-0.25, -0.2) is 4.98 Å². The second kappa shape index (κ2) is 7.55. The van der Waals surface area contributed by atoms with E-state index >= 15 is 0 Å². The second-order valence-corrected chi connectivity index (χ2v) is 9.66. The number of nitrogens with one attached hydrogen (secondary N) is 2. The summed E-state index contributed by atoms with van der Waals surface area (Å²) in [6.07, 6.45) is 5.67. The Morgan fingerprint density at radius 1 is 1.12 bits per heavy atom. The highest BCUT2D eigenvalue weighted by atomic mass is 35.5. The van der Waals surface area contributed by atoms with Crippen LogP contribution in [0.15, 0.2) is 53.6 Å². The minimum atomic E-state index is -0.220. The van der Waals surface area contributed by atoms with Crippen molar-refractivity contribution in [2.75, 3.05) is 18.5 Å². The van der Waals surface area contributed by atoms with Gasteiger partial charge in [0, 0.05) is 54.8 Å². The average Bonchev–Trinajstić information content (AvgIpc) is 3.59. The lowest BCUT2D eigenvalue weighted by Gasteiger charge is -2.28. The molecule has 6 nitrogen and oxygen atoms in total. The number of aromatic amines is 1. The molecule has 2 aromatic heterocycles. The predicted molar refractivity (Wildman–Crippen MR) is 133 cm³/mol. The van der Waals surface area contributed by atoms with Gasteiger partial charge in [0.1, 0.15) is 5.65 Å². The molecule has 8 heteroatoms. The maximum absolute atomic E-state index is 13.2. The lowest BCUT2D eigenvalue weighted by molar-refractivity contribution is 0.531. The molecule has 0 bridgehead atoms. The zero-order valence-corrected chi connectivity index (χ0v) is 19.5. The summed E-state index contributed by atoms with van der Waals surface area (Å²) in [5.74, 6) is 0.506. The number of pyridine rings is 1. The number of halogens is 2. The molecule has 33 heavy (non-hydrogen) atoms. The molecule has 0 amide bonds. The standard InChI is InChI=1S/C25H21Cl2N5O/c1-32(15-5-6-18-14(9-15)10-28-13-25(18)7-8-25)24-30-12-17-22(33)16(11-29-23(17)31-24)21-19(26)3-2-4-20(21)27/h2-6,9,11-12,28H,7-8,10,13H2,1H3,(H,29,30,31,33). The molecule has 0 unspecified atom stereocenters. The molecule has 3 heterocycles. The Morgan fingerprint density at radius 2 is 1.91 bits per heavy atom. The number of H-pyrrole nitrogens is 1. The van der Waals surface area contributed by atoms with E-state index < -0.39 is 0 Å². The number of nitrogens with zero attached hydrogens (tertiary/aromatic N) is 3. The maximum Gasteiger partial charge on any atom is 0.231 e. The molecule has 166 valence electrons. The van der Waals surface area contributed by atoms with Gasteiger partial charge in [-0.1, -0.05) is 35.3 Å². The van der Waals surface area contributed by atoms with Gasteiger partial charge in [0.2, 0.25) is 5.95 Å². The largest absolute Gasteiger partial charge is 0.345 e. The second-order valence-electron chi connectivity index (χ2n) is 8.84. The first-order valence-corrected chi connectivity index (χ1v) is 11.6. The number of hydrogen-bond donors (Lipinski definition) is 2. The lowest BCUT2D eigenvalue weighted by Crippen LogP contribution is -2.33. The highest BCUT2D eigenvalue weighted by Gasteiger charge is 2.46.